The van der Waals surface area contributed by atoms with Crippen LogP contribution in [0.4, 0.5) is 4.79 Å². The molecule has 0 spiro atoms. The second-order valence-electron chi connectivity index (χ2n) is 6.77. The van der Waals surface area contributed by atoms with Crippen molar-refractivity contribution in [3.63, 3.8) is 0 Å². The molecule has 124 valence electrons. The molecule has 0 aromatic heterocycles. The van der Waals surface area contributed by atoms with E-state index in [-0.39, 0.29) is 17.9 Å². The van der Waals surface area contributed by atoms with Crippen LogP contribution in [0.3, 0.4) is 0 Å². The van der Waals surface area contributed by atoms with Gasteiger partial charge in [-0.2, -0.15) is 0 Å². The molecule has 1 aliphatic carbocycles. The third kappa shape index (κ3) is 5.44. The van der Waals surface area contributed by atoms with Crippen molar-refractivity contribution in [1.29, 1.82) is 0 Å². The van der Waals surface area contributed by atoms with Crippen LogP contribution >= 0.6 is 0 Å². The van der Waals surface area contributed by atoms with Gasteiger partial charge < -0.3 is 15.0 Å². The van der Waals surface area contributed by atoms with Gasteiger partial charge in [0.05, 0.1) is 6.04 Å². The Morgan fingerprint density at radius 3 is 2.45 bits per heavy atom. The third-order valence-corrected chi connectivity index (χ3v) is 3.51. The maximum absolute atomic E-state index is 12.1. The summed E-state index contributed by atoms with van der Waals surface area (Å²) in [7, 11) is 3.41. The first-order valence-electron chi connectivity index (χ1n) is 7.39. The maximum atomic E-state index is 12.1. The highest BCUT2D eigenvalue weighted by molar-refractivity contribution is 5.78. The van der Waals surface area contributed by atoms with Crippen LogP contribution in [-0.4, -0.2) is 48.7 Å². The predicted octanol–water partition coefficient (Wildman–Crippen LogP) is 2.45. The Labute approximate surface area is 130 Å². The van der Waals surface area contributed by atoms with Gasteiger partial charge in [0.2, 0.25) is 5.91 Å². The molecule has 1 fully saturated rings. The van der Waals surface area contributed by atoms with Gasteiger partial charge in [-0.05, 0) is 45.6 Å². The Bertz CT molecular complexity index is 466. The van der Waals surface area contributed by atoms with Gasteiger partial charge >= 0.3 is 6.09 Å². The number of hydrogen-bond acceptors (Lipinski definition) is 4. The summed E-state index contributed by atoms with van der Waals surface area (Å²) in [5, 5.41) is 6.48. The van der Waals surface area contributed by atoms with Crippen LogP contribution in [0.2, 0.25) is 0 Å². The average Bonchev–Trinajstić information content (AvgIpc) is 2.37. The standard InChI is InChI=1S/C14H25N5O3/c1-14(2,3)22-13(21)16-11-8-9(12(20)19(4)5)6-7-10(11)17-18-15/h9-11H,6-8H2,1-5H3,(H,16,21)/t9-,10-,11-/m1/s1. The lowest BCUT2D eigenvalue weighted by molar-refractivity contribution is -0.134. The van der Waals surface area contributed by atoms with E-state index in [9.17, 15) is 9.59 Å². The van der Waals surface area contributed by atoms with E-state index in [1.165, 1.54) is 0 Å². The van der Waals surface area contributed by atoms with Gasteiger partial charge in [-0.15, -0.1) is 0 Å². The summed E-state index contributed by atoms with van der Waals surface area (Å²) in [6.07, 6.45) is 1.09. The lowest BCUT2D eigenvalue weighted by Crippen LogP contribution is -2.49. The van der Waals surface area contributed by atoms with Crippen molar-refractivity contribution in [3.8, 4) is 0 Å². The van der Waals surface area contributed by atoms with Crippen LogP contribution in [-0.2, 0) is 9.53 Å². The van der Waals surface area contributed by atoms with E-state index in [0.29, 0.717) is 19.3 Å². The minimum Gasteiger partial charge on any atom is -0.444 e. The van der Waals surface area contributed by atoms with Crippen LogP contribution in [0.25, 0.3) is 10.4 Å². The molecule has 0 aromatic rings. The molecule has 0 unspecified atom stereocenters. The number of carbonyl (C=O) groups is 2. The first kappa shape index (κ1) is 18.1. The Kier molecular flexibility index (Phi) is 6.05. The summed E-state index contributed by atoms with van der Waals surface area (Å²) in [6.45, 7) is 5.32. The topological polar surface area (TPSA) is 107 Å². The number of nitrogens with one attached hydrogen (secondary N) is 1. The Morgan fingerprint density at radius 2 is 1.95 bits per heavy atom. The molecule has 1 aliphatic rings. The van der Waals surface area contributed by atoms with Gasteiger partial charge in [0.25, 0.3) is 0 Å². The highest BCUT2D eigenvalue weighted by Crippen LogP contribution is 2.28. The molecule has 0 heterocycles. The van der Waals surface area contributed by atoms with E-state index in [1.807, 2.05) is 0 Å². The molecule has 8 heteroatoms. The third-order valence-electron chi connectivity index (χ3n) is 3.51. The molecule has 0 radical (unpaired) electrons. The lowest BCUT2D eigenvalue weighted by atomic mass is 9.82. The molecular weight excluding hydrogens is 286 g/mol. The van der Waals surface area contributed by atoms with Crippen molar-refractivity contribution in [2.24, 2.45) is 11.0 Å². The number of amides is 2. The van der Waals surface area contributed by atoms with E-state index >= 15 is 0 Å². The zero-order valence-electron chi connectivity index (χ0n) is 13.9. The van der Waals surface area contributed by atoms with Crippen LogP contribution in [0.1, 0.15) is 40.0 Å². The van der Waals surface area contributed by atoms with Crippen LogP contribution in [0.15, 0.2) is 5.11 Å². The monoisotopic (exact) mass is 311 g/mol. The second kappa shape index (κ2) is 7.35. The highest BCUT2D eigenvalue weighted by atomic mass is 16.6. The van der Waals surface area contributed by atoms with Crippen LogP contribution < -0.4 is 5.32 Å². The van der Waals surface area contributed by atoms with Gasteiger partial charge in [0, 0.05) is 31.0 Å². The molecular formula is C14H25N5O3. The summed E-state index contributed by atoms with van der Waals surface area (Å²) in [5.74, 6) is -0.157. The number of nitrogens with zero attached hydrogens (tertiary/aromatic N) is 4. The molecule has 0 aromatic carbocycles. The first-order valence-corrected chi connectivity index (χ1v) is 7.39. The number of alkyl carbamates (subject to hydrolysis) is 1. The second-order valence-corrected chi connectivity index (χ2v) is 6.77. The Morgan fingerprint density at radius 1 is 1.32 bits per heavy atom. The van der Waals surface area contributed by atoms with Crippen molar-refractivity contribution in [1.82, 2.24) is 10.2 Å². The SMILES string of the molecule is CN(C)C(=O)[C@@H]1CC[C@@H](N=[N+]=[N-])[C@H](NC(=O)OC(C)(C)C)C1. The summed E-state index contributed by atoms with van der Waals surface area (Å²) >= 11 is 0. The first-order chi connectivity index (χ1) is 10.1. The van der Waals surface area contributed by atoms with E-state index < -0.39 is 17.7 Å². The predicted molar refractivity (Wildman–Crippen MR) is 82.1 cm³/mol. The maximum Gasteiger partial charge on any atom is 0.407 e. The van der Waals surface area contributed by atoms with Crippen LogP contribution in [0.5, 0.6) is 0 Å². The number of hydrogen-bond donors (Lipinski definition) is 1. The average molecular weight is 311 g/mol. The molecule has 0 aliphatic heterocycles. The molecule has 2 amide bonds. The molecule has 0 bridgehead atoms. The summed E-state index contributed by atoms with van der Waals surface area (Å²) < 4.78 is 5.23. The fraction of sp³-hybridized carbons (Fsp3) is 0.857. The van der Waals surface area contributed by atoms with Crippen molar-refractivity contribution < 1.29 is 14.3 Å². The summed E-state index contributed by atoms with van der Waals surface area (Å²) in [4.78, 5) is 28.4. The quantitative estimate of drug-likeness (QED) is 0.491. The molecule has 22 heavy (non-hydrogen) atoms. The molecule has 3 atom stereocenters. The zero-order valence-corrected chi connectivity index (χ0v) is 13.9. The van der Waals surface area contributed by atoms with Crippen molar-refractivity contribution in [3.05, 3.63) is 10.4 Å². The van der Waals surface area contributed by atoms with Gasteiger partial charge in [-0.1, -0.05) is 5.11 Å². The van der Waals surface area contributed by atoms with Crippen molar-refractivity contribution >= 4 is 12.0 Å². The van der Waals surface area contributed by atoms with E-state index in [4.69, 9.17) is 10.3 Å². The largest absolute Gasteiger partial charge is 0.444 e. The molecule has 1 saturated carbocycles. The van der Waals surface area contributed by atoms with Gasteiger partial charge in [0.1, 0.15) is 5.60 Å². The fourth-order valence-corrected chi connectivity index (χ4v) is 2.56. The molecule has 0 saturated heterocycles. The Balaban J connectivity index is 2.77. The lowest BCUT2D eigenvalue weighted by Gasteiger charge is -2.35. The molecule has 8 nitrogen and oxygen atoms in total. The fourth-order valence-electron chi connectivity index (χ4n) is 2.56. The molecule has 1 N–H and O–H groups in total. The van der Waals surface area contributed by atoms with Crippen molar-refractivity contribution in [2.75, 3.05) is 14.1 Å². The Hall–Kier alpha value is -1.95. The van der Waals surface area contributed by atoms with Crippen molar-refractivity contribution in [2.45, 2.75) is 57.7 Å². The number of carbonyl (C=O) groups excluding carboxylic acids is 2. The van der Waals surface area contributed by atoms with E-state index in [0.717, 1.165) is 0 Å². The van der Waals surface area contributed by atoms with E-state index in [2.05, 4.69) is 15.3 Å². The minimum absolute atomic E-state index is 0.0235. The summed E-state index contributed by atoms with van der Waals surface area (Å²) in [5.41, 5.74) is 8.05. The normalized spacial score (nSPS) is 24.9. The van der Waals surface area contributed by atoms with E-state index in [1.54, 1.807) is 39.8 Å². The van der Waals surface area contributed by atoms with Gasteiger partial charge in [-0.25, -0.2) is 4.79 Å². The smallest absolute Gasteiger partial charge is 0.407 e. The minimum atomic E-state index is -0.606. The number of rotatable bonds is 3. The van der Waals surface area contributed by atoms with Crippen LogP contribution in [0, 0.1) is 5.92 Å². The number of ether oxygens (including phenoxy) is 1. The summed E-state index contributed by atoms with van der Waals surface area (Å²) in [6, 6.07) is -0.753. The van der Waals surface area contributed by atoms with Gasteiger partial charge in [-0.3, -0.25) is 4.79 Å². The van der Waals surface area contributed by atoms with Gasteiger partial charge in [0.15, 0.2) is 0 Å². The number of azide groups is 1. The zero-order chi connectivity index (χ0) is 16.9. The highest BCUT2D eigenvalue weighted by Gasteiger charge is 2.35. The molecule has 1 rings (SSSR count).